The van der Waals surface area contributed by atoms with Crippen LogP contribution in [0.3, 0.4) is 0 Å². The Morgan fingerprint density at radius 3 is 2.76 bits per heavy atom. The van der Waals surface area contributed by atoms with Crippen LogP contribution >= 0.6 is 0 Å². The molecule has 84 valence electrons. The van der Waals surface area contributed by atoms with Crippen LogP contribution in [0.25, 0.3) is 23.2 Å². The van der Waals surface area contributed by atoms with Gasteiger partial charge in [0, 0.05) is 18.5 Å². The second-order valence-corrected chi connectivity index (χ2v) is 3.35. The van der Waals surface area contributed by atoms with Crippen LogP contribution in [0.2, 0.25) is 0 Å². The van der Waals surface area contributed by atoms with Gasteiger partial charge in [0.1, 0.15) is 5.69 Å². The molecule has 0 fully saturated rings. The van der Waals surface area contributed by atoms with Gasteiger partial charge in [0.2, 0.25) is 11.6 Å². The smallest absolute Gasteiger partial charge is 0.296 e. The van der Waals surface area contributed by atoms with Crippen molar-refractivity contribution in [2.24, 2.45) is 0 Å². The third kappa shape index (κ3) is 1.78. The van der Waals surface area contributed by atoms with Crippen molar-refractivity contribution in [1.82, 2.24) is 25.3 Å². The zero-order valence-electron chi connectivity index (χ0n) is 8.86. The lowest BCUT2D eigenvalue weighted by Gasteiger charge is -1.88. The molecule has 17 heavy (non-hydrogen) atoms. The first-order chi connectivity index (χ1) is 8.33. The number of hydrogen-bond acceptors (Lipinski definition) is 7. The monoisotopic (exact) mass is 229 g/mol. The maximum atomic E-state index is 5.06. The normalized spacial score (nSPS) is 10.6. The quantitative estimate of drug-likeness (QED) is 0.657. The van der Waals surface area contributed by atoms with Crippen LogP contribution in [0.1, 0.15) is 5.69 Å². The van der Waals surface area contributed by atoms with Gasteiger partial charge in [0.05, 0.1) is 11.9 Å². The second-order valence-electron chi connectivity index (χ2n) is 3.35. The summed E-state index contributed by atoms with van der Waals surface area (Å²) in [6, 6.07) is 1.72. The highest BCUT2D eigenvalue weighted by atomic mass is 16.5. The number of hydrogen-bond donors (Lipinski definition) is 0. The van der Waals surface area contributed by atoms with E-state index in [1.54, 1.807) is 24.7 Å². The maximum absolute atomic E-state index is 5.06. The molecule has 7 heteroatoms. The van der Waals surface area contributed by atoms with Crippen LogP contribution in [0, 0.1) is 6.92 Å². The Hall–Kier alpha value is -2.57. The van der Waals surface area contributed by atoms with Crippen molar-refractivity contribution in [2.45, 2.75) is 6.92 Å². The molecule has 0 aliphatic rings. The molecule has 0 aliphatic carbocycles. The minimum atomic E-state index is 0.270. The molecule has 0 saturated heterocycles. The minimum absolute atomic E-state index is 0.270. The first-order valence-electron chi connectivity index (χ1n) is 4.87. The predicted octanol–water partition coefficient (Wildman–Crippen LogP) is 1.49. The molecule has 0 atom stereocenters. The number of rotatable bonds is 2. The van der Waals surface area contributed by atoms with Crippen molar-refractivity contribution < 1.29 is 9.05 Å². The Labute approximate surface area is 95.5 Å². The summed E-state index contributed by atoms with van der Waals surface area (Å²) in [5, 5.41) is 7.54. The van der Waals surface area contributed by atoms with Gasteiger partial charge in [0.25, 0.3) is 5.89 Å². The van der Waals surface area contributed by atoms with Gasteiger partial charge in [-0.1, -0.05) is 10.3 Å². The van der Waals surface area contributed by atoms with Gasteiger partial charge >= 0.3 is 0 Å². The standard InChI is InChI=1S/C10H7N5O2/c1-6-4-8(16-14-6)10-13-9(15-17-10)7-5-11-2-3-12-7/h2-5H,1H3. The van der Waals surface area contributed by atoms with Crippen molar-refractivity contribution in [3.05, 3.63) is 30.4 Å². The van der Waals surface area contributed by atoms with E-state index in [0.29, 0.717) is 17.3 Å². The lowest BCUT2D eigenvalue weighted by molar-refractivity contribution is 0.383. The molecule has 3 rings (SSSR count). The molecule has 0 aliphatic heterocycles. The third-order valence-electron chi connectivity index (χ3n) is 2.06. The molecule has 0 amide bonds. The summed E-state index contributed by atoms with van der Waals surface area (Å²) in [7, 11) is 0. The molecule has 0 spiro atoms. The number of aromatic nitrogens is 5. The highest BCUT2D eigenvalue weighted by Crippen LogP contribution is 2.20. The molecular weight excluding hydrogens is 222 g/mol. The number of nitrogens with zero attached hydrogens (tertiary/aromatic N) is 5. The zero-order valence-corrected chi connectivity index (χ0v) is 8.86. The molecule has 0 bridgehead atoms. The van der Waals surface area contributed by atoms with Crippen LogP contribution in [-0.4, -0.2) is 25.3 Å². The van der Waals surface area contributed by atoms with E-state index in [2.05, 4.69) is 25.3 Å². The van der Waals surface area contributed by atoms with Crippen LogP contribution in [0.5, 0.6) is 0 Å². The van der Waals surface area contributed by atoms with E-state index in [9.17, 15) is 0 Å². The zero-order chi connectivity index (χ0) is 11.7. The Kier molecular flexibility index (Phi) is 2.14. The SMILES string of the molecule is Cc1cc(-c2nc(-c3cnccn3)no2)on1. The average Bonchev–Trinajstić information content (AvgIpc) is 2.98. The van der Waals surface area contributed by atoms with E-state index in [4.69, 9.17) is 9.05 Å². The van der Waals surface area contributed by atoms with E-state index in [0.717, 1.165) is 5.69 Å². The molecular formula is C10H7N5O2. The topological polar surface area (TPSA) is 90.7 Å². The Balaban J connectivity index is 1.99. The van der Waals surface area contributed by atoms with E-state index in [1.165, 1.54) is 0 Å². The summed E-state index contributed by atoms with van der Waals surface area (Å²) in [5.74, 6) is 1.07. The second kappa shape index (κ2) is 3.78. The number of aryl methyl sites for hydroxylation is 1. The van der Waals surface area contributed by atoms with Crippen molar-refractivity contribution in [3.8, 4) is 23.2 Å². The van der Waals surface area contributed by atoms with E-state index >= 15 is 0 Å². The summed E-state index contributed by atoms with van der Waals surface area (Å²) in [4.78, 5) is 12.1. The largest absolute Gasteiger partial charge is 0.351 e. The molecule has 3 aromatic rings. The summed E-state index contributed by atoms with van der Waals surface area (Å²) in [6.45, 7) is 1.81. The van der Waals surface area contributed by atoms with Gasteiger partial charge in [-0.3, -0.25) is 4.98 Å². The van der Waals surface area contributed by atoms with Crippen LogP contribution < -0.4 is 0 Å². The fourth-order valence-corrected chi connectivity index (χ4v) is 1.31. The van der Waals surface area contributed by atoms with Crippen LogP contribution in [0.4, 0.5) is 0 Å². The van der Waals surface area contributed by atoms with Gasteiger partial charge in [-0.2, -0.15) is 4.98 Å². The highest BCUT2D eigenvalue weighted by Gasteiger charge is 2.14. The van der Waals surface area contributed by atoms with Gasteiger partial charge in [-0.15, -0.1) is 0 Å². The summed E-state index contributed by atoms with van der Waals surface area (Å²) in [5.41, 5.74) is 1.29. The van der Waals surface area contributed by atoms with E-state index < -0.39 is 0 Å². The summed E-state index contributed by atoms with van der Waals surface area (Å²) in [6.07, 6.45) is 4.69. The Morgan fingerprint density at radius 1 is 1.12 bits per heavy atom. The van der Waals surface area contributed by atoms with Crippen molar-refractivity contribution >= 4 is 0 Å². The first kappa shape index (κ1) is 9.64. The van der Waals surface area contributed by atoms with E-state index in [1.807, 2.05) is 6.92 Å². The van der Waals surface area contributed by atoms with Crippen molar-refractivity contribution in [2.75, 3.05) is 0 Å². The fourth-order valence-electron chi connectivity index (χ4n) is 1.31. The fraction of sp³-hybridized carbons (Fsp3) is 0.100. The molecule has 0 radical (unpaired) electrons. The lowest BCUT2D eigenvalue weighted by atomic mass is 10.4. The molecule has 0 saturated carbocycles. The van der Waals surface area contributed by atoms with Gasteiger partial charge < -0.3 is 9.05 Å². The van der Waals surface area contributed by atoms with Gasteiger partial charge in [-0.05, 0) is 6.92 Å². The lowest BCUT2D eigenvalue weighted by Crippen LogP contribution is -1.85. The molecule has 0 unspecified atom stereocenters. The van der Waals surface area contributed by atoms with Gasteiger partial charge in [0.15, 0.2) is 0 Å². The Bertz CT molecular complexity index is 631. The predicted molar refractivity (Wildman–Crippen MR) is 55.6 cm³/mol. The van der Waals surface area contributed by atoms with Crippen LogP contribution in [0.15, 0.2) is 33.7 Å². The van der Waals surface area contributed by atoms with Crippen molar-refractivity contribution in [3.63, 3.8) is 0 Å². The van der Waals surface area contributed by atoms with Gasteiger partial charge in [-0.25, -0.2) is 4.98 Å². The summed E-state index contributed by atoms with van der Waals surface area (Å²) < 4.78 is 10.1. The van der Waals surface area contributed by atoms with E-state index in [-0.39, 0.29) is 5.89 Å². The molecule has 3 heterocycles. The average molecular weight is 229 g/mol. The van der Waals surface area contributed by atoms with Crippen molar-refractivity contribution in [1.29, 1.82) is 0 Å². The molecule has 0 N–H and O–H groups in total. The molecule has 7 nitrogen and oxygen atoms in total. The Morgan fingerprint density at radius 2 is 2.06 bits per heavy atom. The summed E-state index contributed by atoms with van der Waals surface area (Å²) >= 11 is 0. The molecule has 0 aromatic carbocycles. The third-order valence-corrected chi connectivity index (χ3v) is 2.06. The maximum Gasteiger partial charge on any atom is 0.296 e. The van der Waals surface area contributed by atoms with Crippen LogP contribution in [-0.2, 0) is 0 Å². The highest BCUT2D eigenvalue weighted by molar-refractivity contribution is 5.51. The first-order valence-corrected chi connectivity index (χ1v) is 4.87. The minimum Gasteiger partial charge on any atom is -0.351 e. The molecule has 3 aromatic heterocycles.